The molecule has 12 heavy (non-hydrogen) atoms. The van der Waals surface area contributed by atoms with Crippen LogP contribution in [0.2, 0.25) is 0 Å². The van der Waals surface area contributed by atoms with E-state index in [1.165, 1.54) is 0 Å². The van der Waals surface area contributed by atoms with E-state index in [4.69, 9.17) is 0 Å². The van der Waals surface area contributed by atoms with Gasteiger partial charge in [-0.1, -0.05) is 0 Å². The molecule has 0 aliphatic carbocycles. The van der Waals surface area contributed by atoms with Crippen LogP contribution in [-0.4, -0.2) is 18.2 Å². The number of aryl methyl sites for hydroxylation is 2. The first kappa shape index (κ1) is 8.71. The van der Waals surface area contributed by atoms with Gasteiger partial charge in [-0.05, 0) is 13.8 Å². The smallest absolute Gasteiger partial charge is 0.190 e. The third kappa shape index (κ3) is 1.61. The highest BCUT2D eigenvalue weighted by Crippen LogP contribution is 1.97. The molecular formula is C9H12N2O. The fourth-order valence-corrected chi connectivity index (χ4v) is 1.15. The molecular weight excluding hydrogens is 152 g/mol. The zero-order valence-electron chi connectivity index (χ0n) is 7.51. The standard InChI is InChI=1S/C9H12N2O/c1-6-4-9(12)8(5-10-3)7(2)11-6/h4-5H,1-3H3,(H,11,12). The van der Waals surface area contributed by atoms with Gasteiger partial charge in [-0.3, -0.25) is 9.79 Å². The van der Waals surface area contributed by atoms with Gasteiger partial charge in [0.2, 0.25) is 0 Å². The average Bonchev–Trinajstić information content (AvgIpc) is 1.96. The Morgan fingerprint density at radius 2 is 2.17 bits per heavy atom. The molecule has 1 heterocycles. The molecule has 0 spiro atoms. The van der Waals surface area contributed by atoms with Crippen LogP contribution in [0.15, 0.2) is 15.9 Å². The molecule has 0 saturated heterocycles. The van der Waals surface area contributed by atoms with Crippen molar-refractivity contribution in [2.75, 3.05) is 7.05 Å². The molecule has 0 bridgehead atoms. The van der Waals surface area contributed by atoms with Gasteiger partial charge in [0, 0.05) is 30.7 Å². The van der Waals surface area contributed by atoms with Crippen LogP contribution in [0.5, 0.6) is 0 Å². The summed E-state index contributed by atoms with van der Waals surface area (Å²) in [5.74, 6) is 0. The molecule has 0 amide bonds. The fourth-order valence-electron chi connectivity index (χ4n) is 1.15. The first-order chi connectivity index (χ1) is 5.65. The highest BCUT2D eigenvalue weighted by atomic mass is 16.1. The number of hydrogen-bond donors (Lipinski definition) is 1. The van der Waals surface area contributed by atoms with Crippen molar-refractivity contribution in [1.29, 1.82) is 0 Å². The van der Waals surface area contributed by atoms with Gasteiger partial charge in [-0.25, -0.2) is 0 Å². The van der Waals surface area contributed by atoms with Crippen LogP contribution in [-0.2, 0) is 0 Å². The number of pyridine rings is 1. The second-order valence-corrected chi connectivity index (χ2v) is 2.74. The van der Waals surface area contributed by atoms with E-state index < -0.39 is 0 Å². The summed E-state index contributed by atoms with van der Waals surface area (Å²) in [5, 5.41) is 0. The van der Waals surface area contributed by atoms with Gasteiger partial charge in [0.05, 0.1) is 5.56 Å². The zero-order chi connectivity index (χ0) is 9.14. The van der Waals surface area contributed by atoms with Crippen molar-refractivity contribution in [2.45, 2.75) is 13.8 Å². The molecule has 3 heteroatoms. The summed E-state index contributed by atoms with van der Waals surface area (Å²) in [6.07, 6.45) is 1.58. The Morgan fingerprint density at radius 3 is 2.67 bits per heavy atom. The van der Waals surface area contributed by atoms with Crippen molar-refractivity contribution in [3.63, 3.8) is 0 Å². The Hall–Kier alpha value is -1.38. The predicted octanol–water partition coefficient (Wildman–Crippen LogP) is 1.04. The summed E-state index contributed by atoms with van der Waals surface area (Å²) in [4.78, 5) is 18.2. The number of aliphatic imine (C=N–C) groups is 1. The minimum atomic E-state index is 0.0225. The average molecular weight is 164 g/mol. The minimum Gasteiger partial charge on any atom is -0.362 e. The number of aromatic amines is 1. The molecule has 0 radical (unpaired) electrons. The molecule has 0 aromatic carbocycles. The van der Waals surface area contributed by atoms with Crippen LogP contribution in [0.3, 0.4) is 0 Å². The first-order valence-electron chi connectivity index (χ1n) is 3.78. The van der Waals surface area contributed by atoms with Gasteiger partial charge in [-0.15, -0.1) is 0 Å². The number of H-pyrrole nitrogens is 1. The van der Waals surface area contributed by atoms with Crippen molar-refractivity contribution in [3.8, 4) is 0 Å². The van der Waals surface area contributed by atoms with E-state index in [0.717, 1.165) is 11.4 Å². The summed E-state index contributed by atoms with van der Waals surface area (Å²) in [5.41, 5.74) is 2.41. The van der Waals surface area contributed by atoms with E-state index >= 15 is 0 Å². The highest BCUT2D eigenvalue weighted by molar-refractivity contribution is 5.80. The second-order valence-electron chi connectivity index (χ2n) is 2.74. The van der Waals surface area contributed by atoms with Gasteiger partial charge < -0.3 is 4.98 Å². The van der Waals surface area contributed by atoms with E-state index in [2.05, 4.69) is 9.98 Å². The molecule has 1 N–H and O–H groups in total. The Balaban J connectivity index is 3.38. The maximum absolute atomic E-state index is 11.3. The van der Waals surface area contributed by atoms with Crippen molar-refractivity contribution in [3.05, 3.63) is 33.2 Å². The second kappa shape index (κ2) is 3.34. The molecule has 3 nitrogen and oxygen atoms in total. The topological polar surface area (TPSA) is 45.2 Å². The van der Waals surface area contributed by atoms with Gasteiger partial charge in [-0.2, -0.15) is 0 Å². The molecule has 0 saturated carbocycles. The third-order valence-corrected chi connectivity index (χ3v) is 1.66. The van der Waals surface area contributed by atoms with E-state index in [1.54, 1.807) is 19.3 Å². The van der Waals surface area contributed by atoms with Crippen molar-refractivity contribution in [2.24, 2.45) is 4.99 Å². The van der Waals surface area contributed by atoms with E-state index in [-0.39, 0.29) is 5.43 Å². The molecule has 0 fully saturated rings. The molecule has 0 aliphatic heterocycles. The summed E-state index contributed by atoms with van der Waals surface area (Å²) in [6.45, 7) is 3.73. The lowest BCUT2D eigenvalue weighted by Crippen LogP contribution is -2.11. The minimum absolute atomic E-state index is 0.0225. The van der Waals surface area contributed by atoms with Gasteiger partial charge in [0.25, 0.3) is 0 Å². The van der Waals surface area contributed by atoms with Crippen LogP contribution in [0.1, 0.15) is 17.0 Å². The zero-order valence-corrected chi connectivity index (χ0v) is 7.51. The summed E-state index contributed by atoms with van der Waals surface area (Å²) < 4.78 is 0. The maximum Gasteiger partial charge on any atom is 0.190 e. The van der Waals surface area contributed by atoms with Crippen molar-refractivity contribution >= 4 is 6.21 Å². The van der Waals surface area contributed by atoms with Crippen molar-refractivity contribution < 1.29 is 0 Å². The van der Waals surface area contributed by atoms with Crippen LogP contribution in [0, 0.1) is 13.8 Å². The third-order valence-electron chi connectivity index (χ3n) is 1.66. The lowest BCUT2D eigenvalue weighted by molar-refractivity contribution is 1.10. The van der Waals surface area contributed by atoms with Crippen LogP contribution >= 0.6 is 0 Å². The first-order valence-corrected chi connectivity index (χ1v) is 3.78. The molecule has 64 valence electrons. The maximum atomic E-state index is 11.3. The van der Waals surface area contributed by atoms with E-state index in [9.17, 15) is 4.79 Å². The summed E-state index contributed by atoms with van der Waals surface area (Å²) in [6, 6.07) is 1.57. The van der Waals surface area contributed by atoms with Crippen LogP contribution in [0.4, 0.5) is 0 Å². The van der Waals surface area contributed by atoms with Gasteiger partial charge in [0.1, 0.15) is 0 Å². The Kier molecular flexibility index (Phi) is 2.43. The van der Waals surface area contributed by atoms with Gasteiger partial charge >= 0.3 is 0 Å². The molecule has 0 atom stereocenters. The normalized spacial score (nSPS) is 10.9. The SMILES string of the molecule is CN=Cc1c(C)[nH]c(C)cc1=O. The lowest BCUT2D eigenvalue weighted by Gasteiger charge is -2.00. The summed E-state index contributed by atoms with van der Waals surface area (Å²) >= 11 is 0. The van der Waals surface area contributed by atoms with Crippen LogP contribution < -0.4 is 5.43 Å². The number of nitrogens with one attached hydrogen (secondary N) is 1. The largest absolute Gasteiger partial charge is 0.362 e. The molecule has 1 rings (SSSR count). The Labute approximate surface area is 71.2 Å². The number of aromatic nitrogens is 1. The van der Waals surface area contributed by atoms with E-state index in [1.807, 2.05) is 13.8 Å². The predicted molar refractivity (Wildman–Crippen MR) is 50.1 cm³/mol. The Morgan fingerprint density at radius 1 is 1.50 bits per heavy atom. The molecule has 1 aromatic rings. The number of rotatable bonds is 1. The monoisotopic (exact) mass is 164 g/mol. The lowest BCUT2D eigenvalue weighted by atomic mass is 10.2. The number of nitrogens with zero attached hydrogens (tertiary/aromatic N) is 1. The molecule has 1 aromatic heterocycles. The summed E-state index contributed by atoms with van der Waals surface area (Å²) in [7, 11) is 1.65. The highest BCUT2D eigenvalue weighted by Gasteiger charge is 2.00. The van der Waals surface area contributed by atoms with Crippen LogP contribution in [0.25, 0.3) is 0 Å². The van der Waals surface area contributed by atoms with E-state index in [0.29, 0.717) is 5.56 Å². The quantitative estimate of drug-likeness (QED) is 0.619. The van der Waals surface area contributed by atoms with Gasteiger partial charge in [0.15, 0.2) is 5.43 Å². The molecule has 0 aliphatic rings. The fraction of sp³-hybridized carbons (Fsp3) is 0.333. The molecule has 0 unspecified atom stereocenters. The number of hydrogen-bond acceptors (Lipinski definition) is 2. The van der Waals surface area contributed by atoms with Crippen molar-refractivity contribution in [1.82, 2.24) is 4.98 Å². The Bertz CT molecular complexity index is 363.